The van der Waals surface area contributed by atoms with E-state index in [1.165, 1.54) is 0 Å². The summed E-state index contributed by atoms with van der Waals surface area (Å²) >= 11 is 0. The van der Waals surface area contributed by atoms with Gasteiger partial charge in [0.2, 0.25) is 0 Å². The van der Waals surface area contributed by atoms with Gasteiger partial charge in [-0.1, -0.05) is 12.2 Å². The normalized spacial score (nSPS) is 10.9. The fraction of sp³-hybridized carbons (Fsp3) is 0.417. The Labute approximate surface area is 90.4 Å². The van der Waals surface area contributed by atoms with Gasteiger partial charge in [-0.15, -0.1) is 0 Å². The van der Waals surface area contributed by atoms with Crippen molar-refractivity contribution in [3.8, 4) is 0 Å². The summed E-state index contributed by atoms with van der Waals surface area (Å²) in [7, 11) is 0. The molecule has 3 heteroatoms. The van der Waals surface area contributed by atoms with Gasteiger partial charge in [0.25, 0.3) is 0 Å². The zero-order valence-electron chi connectivity index (χ0n) is 9.49. The first-order chi connectivity index (χ1) is 7.20. The summed E-state index contributed by atoms with van der Waals surface area (Å²) in [6.45, 7) is 6.80. The van der Waals surface area contributed by atoms with E-state index in [9.17, 15) is 4.79 Å². The number of carbonyl (C=O) groups is 1. The Morgan fingerprint density at radius 2 is 2.33 bits per heavy atom. The topological polar surface area (TPSA) is 31.2 Å². The average Bonchev–Trinajstić information content (AvgIpc) is 2.57. The molecule has 0 amide bonds. The van der Waals surface area contributed by atoms with Crippen molar-refractivity contribution in [2.45, 2.75) is 27.3 Å². The molecule has 0 radical (unpaired) electrons. The van der Waals surface area contributed by atoms with Crippen LogP contribution in [0.5, 0.6) is 0 Å². The highest BCUT2D eigenvalue weighted by atomic mass is 16.5. The molecule has 0 aliphatic rings. The summed E-state index contributed by atoms with van der Waals surface area (Å²) in [6.07, 6.45) is 5.87. The van der Waals surface area contributed by atoms with Crippen LogP contribution in [0.1, 0.15) is 29.9 Å². The molecular weight excluding hydrogens is 190 g/mol. The lowest BCUT2D eigenvalue weighted by molar-refractivity contribution is 0.0513. The maximum absolute atomic E-state index is 11.6. The zero-order chi connectivity index (χ0) is 11.3. The van der Waals surface area contributed by atoms with Crippen molar-refractivity contribution in [2.75, 3.05) is 6.61 Å². The van der Waals surface area contributed by atoms with E-state index in [0.29, 0.717) is 18.8 Å². The third kappa shape index (κ3) is 2.72. The summed E-state index contributed by atoms with van der Waals surface area (Å²) in [5.41, 5.74) is 1.60. The van der Waals surface area contributed by atoms with Crippen LogP contribution in [0.3, 0.4) is 0 Å². The molecule has 0 saturated carbocycles. The Morgan fingerprint density at radius 1 is 1.60 bits per heavy atom. The molecule has 0 fully saturated rings. The Bertz CT molecular complexity index is 364. The van der Waals surface area contributed by atoms with Crippen LogP contribution in [0.2, 0.25) is 0 Å². The molecule has 1 aromatic heterocycles. The molecule has 0 aromatic carbocycles. The van der Waals surface area contributed by atoms with Crippen molar-refractivity contribution in [1.29, 1.82) is 0 Å². The maximum atomic E-state index is 11.6. The van der Waals surface area contributed by atoms with Crippen LogP contribution < -0.4 is 0 Å². The minimum absolute atomic E-state index is 0.246. The number of carbonyl (C=O) groups excluding carboxylic acids is 1. The summed E-state index contributed by atoms with van der Waals surface area (Å²) in [6, 6.07) is 1.93. The van der Waals surface area contributed by atoms with E-state index in [1.807, 2.05) is 49.8 Å². The number of aryl methyl sites for hydroxylation is 1. The molecule has 0 bridgehead atoms. The largest absolute Gasteiger partial charge is 0.461 e. The van der Waals surface area contributed by atoms with Crippen molar-refractivity contribution in [3.63, 3.8) is 0 Å². The van der Waals surface area contributed by atoms with Gasteiger partial charge in [0.05, 0.1) is 6.61 Å². The lowest BCUT2D eigenvalue weighted by Crippen LogP contribution is -2.12. The highest BCUT2D eigenvalue weighted by molar-refractivity contribution is 5.89. The lowest BCUT2D eigenvalue weighted by atomic mass is 10.3. The first-order valence-corrected chi connectivity index (χ1v) is 5.14. The zero-order valence-corrected chi connectivity index (χ0v) is 9.49. The number of aromatic nitrogens is 1. The molecule has 0 spiro atoms. The van der Waals surface area contributed by atoms with Crippen LogP contribution in [0.4, 0.5) is 0 Å². The first kappa shape index (κ1) is 11.6. The molecule has 1 rings (SSSR count). The second-order valence-corrected chi connectivity index (χ2v) is 3.29. The highest BCUT2D eigenvalue weighted by Crippen LogP contribution is 2.11. The number of ether oxygens (including phenoxy) is 1. The Balaban J connectivity index is 2.93. The van der Waals surface area contributed by atoms with Gasteiger partial charge >= 0.3 is 5.97 Å². The summed E-state index contributed by atoms with van der Waals surface area (Å²) in [4.78, 5) is 11.6. The third-order valence-electron chi connectivity index (χ3n) is 2.17. The van der Waals surface area contributed by atoms with E-state index in [-0.39, 0.29) is 5.97 Å². The minimum Gasteiger partial charge on any atom is -0.461 e. The second kappa shape index (κ2) is 5.39. The maximum Gasteiger partial charge on any atom is 0.355 e. The van der Waals surface area contributed by atoms with Crippen molar-refractivity contribution in [3.05, 3.63) is 35.7 Å². The van der Waals surface area contributed by atoms with E-state index in [0.717, 1.165) is 5.56 Å². The molecule has 82 valence electrons. The number of esters is 1. The Kier molecular flexibility index (Phi) is 4.16. The Hall–Kier alpha value is -1.51. The predicted octanol–water partition coefficient (Wildman–Crippen LogP) is 2.55. The van der Waals surface area contributed by atoms with Gasteiger partial charge < -0.3 is 9.30 Å². The van der Waals surface area contributed by atoms with Crippen LogP contribution in [-0.4, -0.2) is 17.1 Å². The number of nitrogens with zero attached hydrogens (tertiary/aromatic N) is 1. The molecule has 0 aliphatic heterocycles. The van der Waals surface area contributed by atoms with E-state index in [2.05, 4.69) is 0 Å². The molecule has 15 heavy (non-hydrogen) atoms. The number of allylic oxidation sites excluding steroid dienone is 2. The van der Waals surface area contributed by atoms with Gasteiger partial charge in [-0.25, -0.2) is 4.79 Å². The van der Waals surface area contributed by atoms with Crippen molar-refractivity contribution in [2.24, 2.45) is 0 Å². The van der Waals surface area contributed by atoms with E-state index < -0.39 is 0 Å². The molecule has 0 N–H and O–H groups in total. The lowest BCUT2D eigenvalue weighted by Gasteiger charge is -2.07. The molecule has 1 aromatic rings. The molecule has 1 heterocycles. The predicted molar refractivity (Wildman–Crippen MR) is 59.9 cm³/mol. The average molecular weight is 207 g/mol. The summed E-state index contributed by atoms with van der Waals surface area (Å²) < 4.78 is 6.90. The highest BCUT2D eigenvalue weighted by Gasteiger charge is 2.14. The van der Waals surface area contributed by atoms with E-state index >= 15 is 0 Å². The monoisotopic (exact) mass is 207 g/mol. The van der Waals surface area contributed by atoms with Gasteiger partial charge in [-0.05, 0) is 32.4 Å². The van der Waals surface area contributed by atoms with Gasteiger partial charge in [-0.3, -0.25) is 0 Å². The van der Waals surface area contributed by atoms with Gasteiger partial charge in [0.1, 0.15) is 5.69 Å². The van der Waals surface area contributed by atoms with Crippen LogP contribution in [0.15, 0.2) is 24.4 Å². The fourth-order valence-corrected chi connectivity index (χ4v) is 1.43. The van der Waals surface area contributed by atoms with Crippen molar-refractivity contribution < 1.29 is 9.53 Å². The molecular formula is C12H17NO2. The fourth-order valence-electron chi connectivity index (χ4n) is 1.43. The quantitative estimate of drug-likeness (QED) is 0.561. The third-order valence-corrected chi connectivity index (χ3v) is 2.17. The second-order valence-electron chi connectivity index (χ2n) is 3.29. The molecule has 0 unspecified atom stereocenters. The van der Waals surface area contributed by atoms with Gasteiger partial charge in [-0.2, -0.15) is 0 Å². The molecule has 0 saturated heterocycles. The van der Waals surface area contributed by atoms with Crippen LogP contribution >= 0.6 is 0 Å². The van der Waals surface area contributed by atoms with Gasteiger partial charge in [0.15, 0.2) is 0 Å². The van der Waals surface area contributed by atoms with Crippen LogP contribution in [-0.2, 0) is 11.3 Å². The molecule has 0 atom stereocenters. The van der Waals surface area contributed by atoms with Crippen LogP contribution in [0.25, 0.3) is 0 Å². The number of rotatable bonds is 4. The van der Waals surface area contributed by atoms with E-state index in [4.69, 9.17) is 4.74 Å². The molecule has 0 aliphatic carbocycles. The molecule has 3 nitrogen and oxygen atoms in total. The smallest absolute Gasteiger partial charge is 0.355 e. The standard InChI is InChI=1S/C12H17NO2/c1-4-6-8-13-9-7-10(3)11(13)12(14)15-5-2/h4,6-7,9H,5,8H2,1-3H3/b6-4+. The first-order valence-electron chi connectivity index (χ1n) is 5.14. The van der Waals surface area contributed by atoms with Gasteiger partial charge in [0, 0.05) is 12.7 Å². The van der Waals surface area contributed by atoms with Crippen molar-refractivity contribution in [1.82, 2.24) is 4.57 Å². The Morgan fingerprint density at radius 3 is 2.93 bits per heavy atom. The van der Waals surface area contributed by atoms with Crippen molar-refractivity contribution >= 4 is 5.97 Å². The SMILES string of the molecule is C/C=C/Cn1ccc(C)c1C(=O)OCC. The number of hydrogen-bond acceptors (Lipinski definition) is 2. The minimum atomic E-state index is -0.246. The van der Waals surface area contributed by atoms with E-state index in [1.54, 1.807) is 0 Å². The number of hydrogen-bond donors (Lipinski definition) is 0. The summed E-state index contributed by atoms with van der Waals surface area (Å²) in [5.74, 6) is -0.246. The van der Waals surface area contributed by atoms with Crippen LogP contribution in [0, 0.1) is 6.92 Å². The summed E-state index contributed by atoms with van der Waals surface area (Å²) in [5, 5.41) is 0.